The first kappa shape index (κ1) is 15.6. The fourth-order valence-electron chi connectivity index (χ4n) is 2.79. The Hall–Kier alpha value is -2.30. The van der Waals surface area contributed by atoms with Crippen molar-refractivity contribution in [1.29, 1.82) is 0 Å². The highest BCUT2D eigenvalue weighted by atomic mass is 16.5. The quantitative estimate of drug-likeness (QED) is 0.921. The lowest BCUT2D eigenvalue weighted by Crippen LogP contribution is -2.22. The van der Waals surface area contributed by atoms with Gasteiger partial charge in [0, 0.05) is 18.1 Å². The van der Waals surface area contributed by atoms with Gasteiger partial charge in [0.1, 0.15) is 11.9 Å². The average Bonchev–Trinajstić information content (AvgIpc) is 3.08. The smallest absolute Gasteiger partial charge is 0.251 e. The summed E-state index contributed by atoms with van der Waals surface area (Å²) in [6.07, 6.45) is 1.90. The Morgan fingerprint density at radius 2 is 2.22 bits per heavy atom. The molecule has 0 spiro atoms. The highest BCUT2D eigenvalue weighted by molar-refractivity contribution is 5.94. The third-order valence-electron chi connectivity index (χ3n) is 3.81. The molecule has 23 heavy (non-hydrogen) atoms. The molecule has 0 saturated carbocycles. The molecule has 0 aliphatic carbocycles. The van der Waals surface area contributed by atoms with E-state index in [0.29, 0.717) is 23.8 Å². The first-order valence-corrected chi connectivity index (χ1v) is 8.03. The minimum Gasteiger partial charge on any atom is -0.490 e. The van der Waals surface area contributed by atoms with Gasteiger partial charge in [-0.25, -0.2) is 0 Å². The van der Waals surface area contributed by atoms with Crippen LogP contribution in [-0.2, 0) is 19.4 Å². The average molecular weight is 314 g/mol. The number of carbonyl (C=O) groups is 1. The van der Waals surface area contributed by atoms with Crippen LogP contribution in [0.15, 0.2) is 28.8 Å². The number of rotatable bonds is 5. The maximum atomic E-state index is 12.3. The van der Waals surface area contributed by atoms with Gasteiger partial charge in [-0.15, -0.1) is 0 Å². The van der Waals surface area contributed by atoms with Crippen molar-refractivity contribution in [2.75, 3.05) is 0 Å². The Bertz CT molecular complexity index is 706. The van der Waals surface area contributed by atoms with Crippen molar-refractivity contribution in [2.24, 2.45) is 5.92 Å². The molecule has 5 heteroatoms. The van der Waals surface area contributed by atoms with Crippen LogP contribution < -0.4 is 10.1 Å². The minimum absolute atomic E-state index is 0.117. The molecule has 1 aromatic heterocycles. The maximum absolute atomic E-state index is 12.3. The first-order chi connectivity index (χ1) is 11.0. The van der Waals surface area contributed by atoms with Gasteiger partial charge in [0.15, 0.2) is 5.76 Å². The van der Waals surface area contributed by atoms with Crippen molar-refractivity contribution in [3.8, 4) is 5.75 Å². The van der Waals surface area contributed by atoms with E-state index in [1.54, 1.807) is 6.07 Å². The lowest BCUT2D eigenvalue weighted by atomic mass is 10.1. The van der Waals surface area contributed by atoms with Crippen molar-refractivity contribution < 1.29 is 14.1 Å². The fraction of sp³-hybridized carbons (Fsp3) is 0.444. The molecule has 0 bridgehead atoms. The number of hydrogen-bond acceptors (Lipinski definition) is 4. The van der Waals surface area contributed by atoms with Crippen LogP contribution in [0.5, 0.6) is 5.75 Å². The summed E-state index contributed by atoms with van der Waals surface area (Å²) < 4.78 is 10.9. The van der Waals surface area contributed by atoms with Gasteiger partial charge in [0.25, 0.3) is 5.91 Å². The molecular weight excluding hydrogens is 292 g/mol. The monoisotopic (exact) mass is 314 g/mol. The van der Waals surface area contributed by atoms with Crippen molar-refractivity contribution >= 4 is 5.91 Å². The molecule has 0 unspecified atom stereocenters. The predicted molar refractivity (Wildman–Crippen MR) is 86.5 cm³/mol. The minimum atomic E-state index is -0.117. The second-order valence-corrected chi connectivity index (χ2v) is 6.52. The van der Waals surface area contributed by atoms with Gasteiger partial charge in [0.2, 0.25) is 0 Å². The van der Waals surface area contributed by atoms with E-state index in [1.165, 1.54) is 0 Å². The highest BCUT2D eigenvalue weighted by Crippen LogP contribution is 2.29. The topological polar surface area (TPSA) is 64.4 Å². The lowest BCUT2D eigenvalue weighted by molar-refractivity contribution is 0.0947. The van der Waals surface area contributed by atoms with Gasteiger partial charge in [-0.05, 0) is 43.0 Å². The summed E-state index contributed by atoms with van der Waals surface area (Å²) in [7, 11) is 0. The number of carbonyl (C=O) groups excluding carboxylic acids is 1. The Kier molecular flexibility index (Phi) is 4.37. The standard InChI is InChI=1S/C18H22N2O3/c1-11(2)6-15-9-16(23-20-15)10-19-18(21)13-4-5-17-14(8-13)7-12(3)22-17/h4-5,8-9,11-12H,6-7,10H2,1-3H3,(H,19,21)/t12-/m0/s1. The Morgan fingerprint density at radius 1 is 1.39 bits per heavy atom. The number of nitrogens with one attached hydrogen (secondary N) is 1. The van der Waals surface area contributed by atoms with Crippen molar-refractivity contribution in [3.63, 3.8) is 0 Å². The molecule has 122 valence electrons. The second kappa shape index (κ2) is 6.44. The van der Waals surface area contributed by atoms with E-state index in [-0.39, 0.29) is 12.0 Å². The molecule has 1 aliphatic rings. The Morgan fingerprint density at radius 3 is 3.00 bits per heavy atom. The molecule has 0 radical (unpaired) electrons. The molecule has 1 aliphatic heterocycles. The number of ether oxygens (including phenoxy) is 1. The highest BCUT2D eigenvalue weighted by Gasteiger charge is 2.20. The molecule has 2 heterocycles. The zero-order chi connectivity index (χ0) is 16.4. The van der Waals surface area contributed by atoms with E-state index in [2.05, 4.69) is 24.3 Å². The normalized spacial score (nSPS) is 16.3. The van der Waals surface area contributed by atoms with E-state index in [1.807, 2.05) is 25.1 Å². The Balaban J connectivity index is 1.59. The summed E-state index contributed by atoms with van der Waals surface area (Å²) in [6.45, 7) is 6.63. The van der Waals surface area contributed by atoms with Crippen LogP contribution in [0.25, 0.3) is 0 Å². The van der Waals surface area contributed by atoms with Gasteiger partial charge in [-0.2, -0.15) is 0 Å². The van der Waals surface area contributed by atoms with Crippen LogP contribution in [-0.4, -0.2) is 17.2 Å². The van der Waals surface area contributed by atoms with E-state index in [9.17, 15) is 4.79 Å². The van der Waals surface area contributed by atoms with Crippen molar-refractivity contribution in [3.05, 3.63) is 46.8 Å². The molecular formula is C18H22N2O3. The molecule has 0 saturated heterocycles. The summed E-state index contributed by atoms with van der Waals surface area (Å²) >= 11 is 0. The number of hydrogen-bond donors (Lipinski definition) is 1. The summed E-state index contributed by atoms with van der Waals surface area (Å²) in [4.78, 5) is 12.3. The van der Waals surface area contributed by atoms with Crippen LogP contribution in [0.3, 0.4) is 0 Å². The number of benzene rings is 1. The third-order valence-corrected chi connectivity index (χ3v) is 3.81. The number of aromatic nitrogens is 1. The number of fused-ring (bicyclic) bond motifs is 1. The van der Waals surface area contributed by atoms with Gasteiger partial charge in [0.05, 0.1) is 12.2 Å². The van der Waals surface area contributed by atoms with Crippen LogP contribution in [0.1, 0.15) is 48.1 Å². The van der Waals surface area contributed by atoms with Gasteiger partial charge < -0.3 is 14.6 Å². The van der Waals surface area contributed by atoms with Gasteiger partial charge in [-0.3, -0.25) is 4.79 Å². The molecule has 5 nitrogen and oxygen atoms in total. The summed E-state index contributed by atoms with van der Waals surface area (Å²) in [5.74, 6) is 1.96. The van der Waals surface area contributed by atoms with E-state index >= 15 is 0 Å². The lowest BCUT2D eigenvalue weighted by Gasteiger charge is -2.05. The van der Waals surface area contributed by atoms with Crippen LogP contribution in [0.2, 0.25) is 0 Å². The van der Waals surface area contributed by atoms with Gasteiger partial charge in [-0.1, -0.05) is 19.0 Å². The van der Waals surface area contributed by atoms with Crippen molar-refractivity contribution in [1.82, 2.24) is 10.5 Å². The summed E-state index contributed by atoms with van der Waals surface area (Å²) in [5.41, 5.74) is 2.65. The largest absolute Gasteiger partial charge is 0.490 e. The fourth-order valence-corrected chi connectivity index (χ4v) is 2.79. The second-order valence-electron chi connectivity index (χ2n) is 6.52. The van der Waals surface area contributed by atoms with E-state index in [0.717, 1.165) is 29.8 Å². The van der Waals surface area contributed by atoms with Crippen LogP contribution in [0, 0.1) is 5.92 Å². The third kappa shape index (κ3) is 3.73. The molecule has 1 amide bonds. The molecule has 2 aromatic rings. The maximum Gasteiger partial charge on any atom is 0.251 e. The molecule has 0 fully saturated rings. The first-order valence-electron chi connectivity index (χ1n) is 8.03. The number of nitrogens with zero attached hydrogens (tertiary/aromatic N) is 1. The molecule has 1 N–H and O–H groups in total. The van der Waals surface area contributed by atoms with Gasteiger partial charge >= 0.3 is 0 Å². The van der Waals surface area contributed by atoms with Crippen molar-refractivity contribution in [2.45, 2.75) is 46.3 Å². The zero-order valence-electron chi connectivity index (χ0n) is 13.8. The predicted octanol–water partition coefficient (Wildman–Crippen LogP) is 3.13. The van der Waals surface area contributed by atoms with E-state index in [4.69, 9.17) is 9.26 Å². The Labute approximate surface area is 136 Å². The van der Waals surface area contributed by atoms with E-state index < -0.39 is 0 Å². The SMILES string of the molecule is CC(C)Cc1cc(CNC(=O)c2ccc3c(c2)C[C@H](C)O3)on1. The molecule has 1 atom stereocenters. The van der Waals surface area contributed by atoms with Crippen LogP contribution >= 0.6 is 0 Å². The zero-order valence-corrected chi connectivity index (χ0v) is 13.8. The van der Waals surface area contributed by atoms with Crippen LogP contribution in [0.4, 0.5) is 0 Å². The number of amides is 1. The summed E-state index contributed by atoms with van der Waals surface area (Å²) in [6, 6.07) is 7.46. The molecule has 1 aromatic carbocycles. The molecule has 3 rings (SSSR count). The summed E-state index contributed by atoms with van der Waals surface area (Å²) in [5, 5.41) is 6.89.